The fraction of sp³-hybridized carbons (Fsp3) is 0.500. The van der Waals surface area contributed by atoms with Crippen LogP contribution in [-0.4, -0.2) is 34.2 Å². The molecule has 2 rings (SSSR count). The monoisotopic (exact) mass is 308 g/mol. The molecule has 0 aliphatic carbocycles. The molecule has 0 unspecified atom stereocenters. The lowest BCUT2D eigenvalue weighted by Gasteiger charge is -2.35. The van der Waals surface area contributed by atoms with Gasteiger partial charge >= 0.3 is 6.09 Å². The van der Waals surface area contributed by atoms with Crippen molar-refractivity contribution in [2.45, 2.75) is 46.3 Å². The number of ether oxygens (including phenoxy) is 2. The highest BCUT2D eigenvalue weighted by Crippen LogP contribution is 2.29. The van der Waals surface area contributed by atoms with E-state index in [1.807, 2.05) is 6.92 Å². The fourth-order valence-electron chi connectivity index (χ4n) is 2.18. The highest BCUT2D eigenvalue weighted by molar-refractivity contribution is 5.83. The summed E-state index contributed by atoms with van der Waals surface area (Å²) < 4.78 is 24.4. The standard InChI is InChI=1S/C16H21FN2O3/c1-10-8-21-9-14(13-6-12(17)7-18-11(13)2)19(10)15(20)22-16(3,4)5/h6-7,9-10H,8H2,1-5H3/t10-/m1/s1. The minimum absolute atomic E-state index is 0.225. The Kier molecular flexibility index (Phi) is 4.39. The molecular formula is C16H21FN2O3. The number of carbonyl (C=O) groups is 1. The van der Waals surface area contributed by atoms with Crippen LogP contribution < -0.4 is 0 Å². The lowest BCUT2D eigenvalue weighted by atomic mass is 10.1. The molecule has 2 heterocycles. The molecule has 1 aliphatic heterocycles. The summed E-state index contributed by atoms with van der Waals surface area (Å²) in [5.41, 5.74) is 0.962. The number of hydrogen-bond donors (Lipinski definition) is 0. The predicted octanol–water partition coefficient (Wildman–Crippen LogP) is 3.48. The van der Waals surface area contributed by atoms with Gasteiger partial charge < -0.3 is 9.47 Å². The first kappa shape index (κ1) is 16.3. The van der Waals surface area contributed by atoms with Crippen molar-refractivity contribution in [1.29, 1.82) is 0 Å². The lowest BCUT2D eigenvalue weighted by Crippen LogP contribution is -2.44. The van der Waals surface area contributed by atoms with Crippen LogP contribution in [0.15, 0.2) is 18.5 Å². The quantitative estimate of drug-likeness (QED) is 0.797. The summed E-state index contributed by atoms with van der Waals surface area (Å²) in [5, 5.41) is 0. The zero-order valence-electron chi connectivity index (χ0n) is 13.5. The van der Waals surface area contributed by atoms with Gasteiger partial charge in [0.1, 0.15) is 24.3 Å². The SMILES string of the molecule is Cc1ncc(F)cc1C1=COC[C@@H](C)N1C(=O)OC(C)(C)C. The van der Waals surface area contributed by atoms with E-state index in [9.17, 15) is 9.18 Å². The maximum atomic E-state index is 13.5. The van der Waals surface area contributed by atoms with E-state index in [1.54, 1.807) is 27.7 Å². The van der Waals surface area contributed by atoms with E-state index < -0.39 is 17.5 Å². The Morgan fingerprint density at radius 2 is 2.18 bits per heavy atom. The Balaban J connectivity index is 2.41. The molecule has 0 N–H and O–H groups in total. The number of rotatable bonds is 1. The van der Waals surface area contributed by atoms with Crippen LogP contribution in [0.2, 0.25) is 0 Å². The Hall–Kier alpha value is -2.11. The van der Waals surface area contributed by atoms with E-state index in [1.165, 1.54) is 17.2 Å². The number of aromatic nitrogens is 1. The number of halogens is 1. The van der Waals surface area contributed by atoms with E-state index in [4.69, 9.17) is 9.47 Å². The Bertz CT molecular complexity index is 608. The molecule has 1 aromatic heterocycles. The van der Waals surface area contributed by atoms with Crippen molar-refractivity contribution in [1.82, 2.24) is 9.88 Å². The number of carbonyl (C=O) groups excluding carboxylic acids is 1. The molecular weight excluding hydrogens is 287 g/mol. The van der Waals surface area contributed by atoms with Gasteiger partial charge in [0.15, 0.2) is 0 Å². The zero-order chi connectivity index (χ0) is 16.5. The third kappa shape index (κ3) is 3.55. The third-order valence-corrected chi connectivity index (χ3v) is 3.15. The third-order valence-electron chi connectivity index (χ3n) is 3.15. The molecule has 6 heteroatoms. The van der Waals surface area contributed by atoms with Gasteiger partial charge in [-0.1, -0.05) is 0 Å². The zero-order valence-corrected chi connectivity index (χ0v) is 13.5. The van der Waals surface area contributed by atoms with Gasteiger partial charge in [0.25, 0.3) is 0 Å². The lowest BCUT2D eigenvalue weighted by molar-refractivity contribution is 0.0204. The van der Waals surface area contributed by atoms with E-state index in [-0.39, 0.29) is 6.04 Å². The molecule has 1 atom stereocenters. The van der Waals surface area contributed by atoms with Gasteiger partial charge in [0.2, 0.25) is 0 Å². The second-order valence-electron chi connectivity index (χ2n) is 6.32. The topological polar surface area (TPSA) is 51.7 Å². The van der Waals surface area contributed by atoms with E-state index in [0.29, 0.717) is 23.6 Å². The molecule has 120 valence electrons. The fourth-order valence-corrected chi connectivity index (χ4v) is 2.18. The summed E-state index contributed by atoms with van der Waals surface area (Å²) in [4.78, 5) is 18.0. The van der Waals surface area contributed by atoms with Crippen molar-refractivity contribution >= 4 is 11.8 Å². The second kappa shape index (κ2) is 5.94. The average Bonchev–Trinajstić information content (AvgIpc) is 2.39. The maximum absolute atomic E-state index is 13.5. The molecule has 5 nitrogen and oxygen atoms in total. The van der Waals surface area contributed by atoms with Crippen molar-refractivity contribution in [3.63, 3.8) is 0 Å². The average molecular weight is 308 g/mol. The number of nitrogens with zero attached hydrogens (tertiary/aromatic N) is 2. The molecule has 0 aromatic carbocycles. The van der Waals surface area contributed by atoms with Crippen LogP contribution in [0.1, 0.15) is 39.0 Å². The summed E-state index contributed by atoms with van der Waals surface area (Å²) in [6.07, 6.45) is 2.11. The summed E-state index contributed by atoms with van der Waals surface area (Å²) in [6, 6.07) is 1.12. The van der Waals surface area contributed by atoms with Gasteiger partial charge in [-0.2, -0.15) is 0 Å². The van der Waals surface area contributed by atoms with Gasteiger partial charge in [-0.3, -0.25) is 9.88 Å². The van der Waals surface area contributed by atoms with Gasteiger partial charge in [-0.25, -0.2) is 9.18 Å². The van der Waals surface area contributed by atoms with Crippen molar-refractivity contribution in [3.05, 3.63) is 35.6 Å². The number of hydrogen-bond acceptors (Lipinski definition) is 4. The van der Waals surface area contributed by atoms with E-state index >= 15 is 0 Å². The predicted molar refractivity (Wildman–Crippen MR) is 80.4 cm³/mol. The Morgan fingerprint density at radius 3 is 2.82 bits per heavy atom. The summed E-state index contributed by atoms with van der Waals surface area (Å²) in [7, 11) is 0. The molecule has 0 spiro atoms. The maximum Gasteiger partial charge on any atom is 0.415 e. The molecule has 0 radical (unpaired) electrons. The van der Waals surface area contributed by atoms with Crippen LogP contribution >= 0.6 is 0 Å². The summed E-state index contributed by atoms with van der Waals surface area (Å²) in [6.45, 7) is 9.35. The highest BCUT2D eigenvalue weighted by atomic mass is 19.1. The van der Waals surface area contributed by atoms with Crippen LogP contribution in [-0.2, 0) is 9.47 Å². The van der Waals surface area contributed by atoms with E-state index in [2.05, 4.69) is 4.98 Å². The first-order valence-electron chi connectivity index (χ1n) is 7.15. The number of pyridine rings is 1. The van der Waals surface area contributed by atoms with Crippen LogP contribution in [0, 0.1) is 12.7 Å². The molecule has 1 aromatic rings. The molecule has 1 aliphatic rings. The highest BCUT2D eigenvalue weighted by Gasteiger charge is 2.33. The summed E-state index contributed by atoms with van der Waals surface area (Å²) in [5.74, 6) is -0.469. The minimum Gasteiger partial charge on any atom is -0.497 e. The van der Waals surface area contributed by atoms with Gasteiger partial charge in [0, 0.05) is 11.3 Å². The smallest absolute Gasteiger partial charge is 0.415 e. The molecule has 0 fully saturated rings. The van der Waals surface area contributed by atoms with Crippen molar-refractivity contribution in [2.75, 3.05) is 6.61 Å². The molecule has 0 bridgehead atoms. The second-order valence-corrected chi connectivity index (χ2v) is 6.32. The minimum atomic E-state index is -0.616. The van der Waals surface area contributed by atoms with Crippen molar-refractivity contribution in [3.8, 4) is 0 Å². The summed E-state index contributed by atoms with van der Waals surface area (Å²) >= 11 is 0. The first-order valence-corrected chi connectivity index (χ1v) is 7.15. The Labute approximate surface area is 129 Å². The van der Waals surface area contributed by atoms with Crippen LogP contribution in [0.25, 0.3) is 5.70 Å². The van der Waals surface area contributed by atoms with Crippen molar-refractivity contribution < 1.29 is 18.7 Å². The molecule has 1 amide bonds. The van der Waals surface area contributed by atoms with E-state index in [0.717, 1.165) is 6.20 Å². The van der Waals surface area contributed by atoms with Crippen LogP contribution in [0.4, 0.5) is 9.18 Å². The normalized spacial score (nSPS) is 18.5. The van der Waals surface area contributed by atoms with Gasteiger partial charge in [-0.05, 0) is 40.7 Å². The first-order chi connectivity index (χ1) is 10.2. The largest absolute Gasteiger partial charge is 0.497 e. The van der Waals surface area contributed by atoms with Crippen LogP contribution in [0.5, 0.6) is 0 Å². The number of amides is 1. The van der Waals surface area contributed by atoms with Crippen LogP contribution in [0.3, 0.4) is 0 Å². The van der Waals surface area contributed by atoms with Gasteiger partial charge in [-0.15, -0.1) is 0 Å². The molecule has 0 saturated carbocycles. The van der Waals surface area contributed by atoms with Crippen molar-refractivity contribution in [2.24, 2.45) is 0 Å². The molecule has 22 heavy (non-hydrogen) atoms. The van der Waals surface area contributed by atoms with Gasteiger partial charge in [0.05, 0.1) is 17.9 Å². The Morgan fingerprint density at radius 1 is 1.50 bits per heavy atom. The molecule has 0 saturated heterocycles. The number of aryl methyl sites for hydroxylation is 1.